The van der Waals surface area contributed by atoms with Crippen LogP contribution in [0.25, 0.3) is 0 Å². The van der Waals surface area contributed by atoms with E-state index in [1.54, 1.807) is 0 Å². The smallest absolute Gasteiger partial charge is 0.410 e. The van der Waals surface area contributed by atoms with Gasteiger partial charge in [-0.1, -0.05) is 50.1 Å². The van der Waals surface area contributed by atoms with Crippen molar-refractivity contribution in [2.45, 2.75) is 83.0 Å². The highest BCUT2D eigenvalue weighted by Crippen LogP contribution is 2.53. The van der Waals surface area contributed by atoms with Crippen molar-refractivity contribution in [2.24, 2.45) is 21.7 Å². The molecule has 0 bridgehead atoms. The number of carbonyl (C=O) groups is 2. The number of allylic oxidation sites excluding steroid dienone is 4. The van der Waals surface area contributed by atoms with Crippen LogP contribution >= 0.6 is 11.6 Å². The molecule has 2 saturated carbocycles. The van der Waals surface area contributed by atoms with Gasteiger partial charge in [0.2, 0.25) is 0 Å². The molecule has 7 nitrogen and oxygen atoms in total. The SMILES string of the molecule is CC12C=CC=NC1[C@H](N1CCN(C(=O)OC3CCCCC3)[C@@H](C(=O)O)C1)[C@@H]1C=CC(Cl)=CC1(C)CC2. The van der Waals surface area contributed by atoms with Crippen molar-refractivity contribution in [3.8, 4) is 0 Å². The maximum atomic E-state index is 13.1. The fourth-order valence-electron chi connectivity index (χ4n) is 7.06. The standard InChI is InChI=1S/C28H38ClN3O4/c1-27-11-6-14-30-24(27)23(21-10-9-19(29)17-28(21,2)13-12-27)31-15-16-32(22(18-31)25(33)34)26(35)36-20-7-4-3-5-8-20/h6,9-11,14,17,20-24H,3-5,7-8,12-13,15-16,18H2,1-2H3,(H,33,34)/t21-,22+,23+,24?,27?,28?/m0/s1. The Morgan fingerprint density at radius 3 is 2.64 bits per heavy atom. The highest BCUT2D eigenvalue weighted by molar-refractivity contribution is 6.31. The maximum Gasteiger partial charge on any atom is 0.410 e. The van der Waals surface area contributed by atoms with Gasteiger partial charge in [-0.15, -0.1) is 0 Å². The minimum Gasteiger partial charge on any atom is -0.480 e. The van der Waals surface area contributed by atoms with Crippen molar-refractivity contribution in [1.29, 1.82) is 0 Å². The highest BCUT2D eigenvalue weighted by Gasteiger charge is 2.54. The molecule has 1 saturated heterocycles. The van der Waals surface area contributed by atoms with Crippen molar-refractivity contribution in [2.75, 3.05) is 19.6 Å². The molecule has 0 aromatic rings. The molecule has 0 aromatic carbocycles. The minimum absolute atomic E-state index is 0.0144. The van der Waals surface area contributed by atoms with Gasteiger partial charge in [-0.2, -0.15) is 0 Å². The van der Waals surface area contributed by atoms with E-state index < -0.39 is 18.1 Å². The summed E-state index contributed by atoms with van der Waals surface area (Å²) in [5, 5.41) is 10.9. The molecule has 1 amide bonds. The third-order valence-corrected chi connectivity index (χ3v) is 9.48. The first-order valence-electron chi connectivity index (χ1n) is 13.4. The summed E-state index contributed by atoms with van der Waals surface area (Å²) < 4.78 is 5.77. The van der Waals surface area contributed by atoms with E-state index in [1.165, 1.54) is 11.3 Å². The number of carboxylic acid groups (broad SMARTS) is 1. The Kier molecular flexibility index (Phi) is 7.07. The monoisotopic (exact) mass is 515 g/mol. The summed E-state index contributed by atoms with van der Waals surface area (Å²) in [6, 6.07) is -0.982. The molecule has 6 atom stereocenters. The van der Waals surface area contributed by atoms with E-state index in [1.807, 2.05) is 18.4 Å². The Bertz CT molecular complexity index is 1000. The first kappa shape index (κ1) is 25.5. The lowest BCUT2D eigenvalue weighted by Crippen LogP contribution is -2.64. The van der Waals surface area contributed by atoms with Crippen LogP contribution in [0.2, 0.25) is 0 Å². The molecular formula is C28H38ClN3O4. The van der Waals surface area contributed by atoms with Gasteiger partial charge in [0.25, 0.3) is 0 Å². The Morgan fingerprint density at radius 2 is 1.89 bits per heavy atom. The Balaban J connectivity index is 1.42. The van der Waals surface area contributed by atoms with Crippen molar-refractivity contribution >= 4 is 29.9 Å². The van der Waals surface area contributed by atoms with Crippen LogP contribution in [0.4, 0.5) is 4.79 Å². The zero-order valence-electron chi connectivity index (χ0n) is 21.3. The predicted molar refractivity (Wildman–Crippen MR) is 140 cm³/mol. The zero-order chi connectivity index (χ0) is 25.5. The van der Waals surface area contributed by atoms with Gasteiger partial charge < -0.3 is 9.84 Å². The molecule has 2 heterocycles. The fourth-order valence-corrected chi connectivity index (χ4v) is 7.38. The molecule has 36 heavy (non-hydrogen) atoms. The predicted octanol–water partition coefficient (Wildman–Crippen LogP) is 5.02. The number of amides is 1. The van der Waals surface area contributed by atoms with Gasteiger partial charge in [0.15, 0.2) is 0 Å². The van der Waals surface area contributed by atoms with Crippen molar-refractivity contribution in [3.63, 3.8) is 0 Å². The lowest BCUT2D eigenvalue weighted by atomic mass is 9.68. The third kappa shape index (κ3) is 4.76. The number of nitrogens with zero attached hydrogens (tertiary/aromatic N) is 3. The van der Waals surface area contributed by atoms with Crippen LogP contribution < -0.4 is 0 Å². The number of dihydropyridines is 1. The van der Waals surface area contributed by atoms with Crippen LogP contribution in [0.5, 0.6) is 0 Å². The summed E-state index contributed by atoms with van der Waals surface area (Å²) in [4.78, 5) is 34.2. The van der Waals surface area contributed by atoms with Gasteiger partial charge in [-0.05, 0) is 56.1 Å². The number of carboxylic acids is 1. The van der Waals surface area contributed by atoms with E-state index in [0.717, 1.165) is 43.6 Å². The van der Waals surface area contributed by atoms with E-state index in [9.17, 15) is 14.7 Å². The Hall–Kier alpha value is -2.12. The van der Waals surface area contributed by atoms with Gasteiger partial charge in [0.05, 0.1) is 6.04 Å². The second kappa shape index (κ2) is 9.97. The summed E-state index contributed by atoms with van der Waals surface area (Å²) in [6.45, 7) is 5.68. The van der Waals surface area contributed by atoms with Gasteiger partial charge in [0.1, 0.15) is 12.1 Å². The number of aliphatic imine (C=N–C) groups is 1. The maximum absolute atomic E-state index is 13.1. The number of hydrogen-bond acceptors (Lipinski definition) is 5. The average molecular weight is 516 g/mol. The topological polar surface area (TPSA) is 82.4 Å². The molecule has 196 valence electrons. The number of piperazine rings is 1. The van der Waals surface area contributed by atoms with Crippen molar-refractivity contribution in [3.05, 3.63) is 35.4 Å². The Labute approximate surface area is 218 Å². The summed E-state index contributed by atoms with van der Waals surface area (Å²) in [5.41, 5.74) is -0.292. The van der Waals surface area contributed by atoms with Gasteiger partial charge >= 0.3 is 12.1 Å². The molecule has 3 unspecified atom stereocenters. The molecule has 2 aliphatic heterocycles. The average Bonchev–Trinajstić information content (AvgIpc) is 2.96. The van der Waals surface area contributed by atoms with E-state index >= 15 is 0 Å². The van der Waals surface area contributed by atoms with Gasteiger partial charge in [-0.3, -0.25) is 14.8 Å². The fraction of sp³-hybridized carbons (Fsp3) is 0.679. The van der Waals surface area contributed by atoms with Crippen LogP contribution in [0.1, 0.15) is 58.8 Å². The number of carbonyl (C=O) groups excluding carboxylic acids is 1. The van der Waals surface area contributed by atoms with Crippen molar-refractivity contribution < 1.29 is 19.4 Å². The summed E-state index contributed by atoms with van der Waals surface area (Å²) in [6.07, 6.45) is 18.9. The number of aliphatic carboxylic acids is 1. The van der Waals surface area contributed by atoms with Crippen LogP contribution in [0.15, 0.2) is 40.4 Å². The number of halogens is 1. The number of ether oxygens (including phenoxy) is 1. The lowest BCUT2D eigenvalue weighted by Gasteiger charge is -2.50. The number of fused-ring (bicyclic) bond motifs is 2. The lowest BCUT2D eigenvalue weighted by molar-refractivity contribution is -0.146. The second-order valence-electron chi connectivity index (χ2n) is 11.7. The highest BCUT2D eigenvalue weighted by atomic mass is 35.5. The molecule has 0 aromatic heterocycles. The first-order chi connectivity index (χ1) is 17.2. The normalized spacial score (nSPS) is 39.1. The number of hydrogen-bond donors (Lipinski definition) is 1. The minimum atomic E-state index is -0.992. The van der Waals surface area contributed by atoms with E-state index in [2.05, 4.69) is 37.0 Å². The molecule has 1 N–H and O–H groups in total. The number of rotatable bonds is 3. The van der Waals surface area contributed by atoms with Crippen LogP contribution in [-0.2, 0) is 9.53 Å². The van der Waals surface area contributed by atoms with Crippen LogP contribution in [0.3, 0.4) is 0 Å². The second-order valence-corrected chi connectivity index (χ2v) is 12.1. The van der Waals surface area contributed by atoms with Gasteiger partial charge in [0, 0.05) is 48.3 Å². The first-order valence-corrected chi connectivity index (χ1v) is 13.8. The molecule has 8 heteroatoms. The van der Waals surface area contributed by atoms with Crippen molar-refractivity contribution in [1.82, 2.24) is 9.80 Å². The molecule has 5 aliphatic rings. The van der Waals surface area contributed by atoms with E-state index in [0.29, 0.717) is 13.1 Å². The summed E-state index contributed by atoms with van der Waals surface area (Å²) >= 11 is 6.48. The summed E-state index contributed by atoms with van der Waals surface area (Å²) in [5.74, 6) is -0.862. The third-order valence-electron chi connectivity index (χ3n) is 9.24. The largest absolute Gasteiger partial charge is 0.480 e. The molecule has 0 spiro atoms. The quantitative estimate of drug-likeness (QED) is 0.570. The molecular weight excluding hydrogens is 478 g/mol. The zero-order valence-corrected chi connectivity index (χ0v) is 22.1. The summed E-state index contributed by atoms with van der Waals surface area (Å²) in [7, 11) is 0. The van der Waals surface area contributed by atoms with E-state index in [-0.39, 0.29) is 41.5 Å². The van der Waals surface area contributed by atoms with E-state index in [4.69, 9.17) is 21.3 Å². The molecule has 0 radical (unpaired) electrons. The molecule has 3 aliphatic carbocycles. The molecule has 3 fully saturated rings. The van der Waals surface area contributed by atoms with Crippen LogP contribution in [-0.4, -0.2) is 77.0 Å². The van der Waals surface area contributed by atoms with Gasteiger partial charge in [-0.25, -0.2) is 9.59 Å². The van der Waals surface area contributed by atoms with Crippen LogP contribution in [0, 0.1) is 16.7 Å². The Morgan fingerprint density at radius 1 is 1.14 bits per heavy atom. The molecule has 5 rings (SSSR count).